The minimum Gasteiger partial charge on any atom is -0.382 e. The van der Waals surface area contributed by atoms with Crippen molar-refractivity contribution in [2.45, 2.75) is 18.9 Å². The van der Waals surface area contributed by atoms with E-state index in [2.05, 4.69) is 20.3 Å². The number of fused-ring (bicyclic) bond motifs is 1. The van der Waals surface area contributed by atoms with Crippen molar-refractivity contribution in [3.8, 4) is 0 Å². The summed E-state index contributed by atoms with van der Waals surface area (Å²) in [6, 6.07) is 0.202. The summed E-state index contributed by atoms with van der Waals surface area (Å²) in [7, 11) is 0. The number of hydrogen-bond donors (Lipinski definition) is 1. The molecule has 0 aliphatic carbocycles. The fraction of sp³-hybridized carbons (Fsp3) is 0.556. The van der Waals surface area contributed by atoms with Gasteiger partial charge in [-0.05, 0) is 12.8 Å². The third kappa shape index (κ3) is 1.40. The minimum atomic E-state index is 0.202. The van der Waals surface area contributed by atoms with E-state index in [4.69, 9.17) is 10.5 Å². The highest BCUT2D eigenvalue weighted by Crippen LogP contribution is 2.22. The molecule has 0 saturated carbocycles. The van der Waals surface area contributed by atoms with Gasteiger partial charge in [0, 0.05) is 6.61 Å². The molecule has 0 radical (unpaired) electrons. The van der Waals surface area contributed by atoms with E-state index in [0.717, 1.165) is 19.4 Å². The molecule has 1 aliphatic heterocycles. The Kier molecular flexibility index (Phi) is 2.17. The number of nitrogen functional groups attached to an aromatic ring is 1. The maximum Gasteiger partial charge on any atom is 0.184 e. The summed E-state index contributed by atoms with van der Waals surface area (Å²) in [5, 5.41) is 8.08. The van der Waals surface area contributed by atoms with E-state index in [1.54, 1.807) is 4.68 Å². The van der Waals surface area contributed by atoms with Crippen molar-refractivity contribution < 1.29 is 4.74 Å². The van der Waals surface area contributed by atoms with Crippen LogP contribution in [0.4, 0.5) is 5.82 Å². The number of anilines is 1. The predicted molar refractivity (Wildman–Crippen MR) is 56.6 cm³/mol. The van der Waals surface area contributed by atoms with Crippen LogP contribution in [0, 0.1) is 0 Å². The van der Waals surface area contributed by atoms with Crippen LogP contribution in [0.1, 0.15) is 18.9 Å². The van der Waals surface area contributed by atoms with Gasteiger partial charge in [0.2, 0.25) is 0 Å². The second-order valence-electron chi connectivity index (χ2n) is 3.84. The first-order valence-corrected chi connectivity index (χ1v) is 5.25. The van der Waals surface area contributed by atoms with Gasteiger partial charge in [-0.15, -0.1) is 5.10 Å². The average Bonchev–Trinajstić information content (AvgIpc) is 2.75. The molecule has 3 rings (SSSR count). The van der Waals surface area contributed by atoms with E-state index in [0.29, 0.717) is 23.6 Å². The lowest BCUT2D eigenvalue weighted by atomic mass is 10.1. The zero-order valence-corrected chi connectivity index (χ0v) is 8.70. The number of rotatable bonds is 1. The quantitative estimate of drug-likeness (QED) is 0.735. The smallest absolute Gasteiger partial charge is 0.184 e. The molecule has 1 atom stereocenters. The molecule has 1 fully saturated rings. The van der Waals surface area contributed by atoms with E-state index in [1.807, 2.05) is 0 Å². The van der Waals surface area contributed by atoms with Crippen LogP contribution < -0.4 is 5.73 Å². The topological polar surface area (TPSA) is 91.7 Å². The Balaban J connectivity index is 2.06. The molecule has 2 aromatic heterocycles. The highest BCUT2D eigenvalue weighted by molar-refractivity contribution is 5.80. The van der Waals surface area contributed by atoms with Gasteiger partial charge < -0.3 is 10.5 Å². The largest absolute Gasteiger partial charge is 0.382 e. The van der Waals surface area contributed by atoms with Crippen LogP contribution >= 0.6 is 0 Å². The van der Waals surface area contributed by atoms with Gasteiger partial charge in [0.05, 0.1) is 12.6 Å². The summed E-state index contributed by atoms with van der Waals surface area (Å²) in [5.74, 6) is 0.368. The Morgan fingerprint density at radius 2 is 2.38 bits per heavy atom. The standard InChI is InChI=1S/C9H12N6O/c10-8-7-9(12-5-11-8)15(14-13-7)6-2-1-3-16-4-6/h5-6H,1-4H2,(H2,10,11,12)/t6-/m1/s1. The van der Waals surface area contributed by atoms with Gasteiger partial charge in [0.1, 0.15) is 6.33 Å². The summed E-state index contributed by atoms with van der Waals surface area (Å²) in [4.78, 5) is 8.05. The molecular weight excluding hydrogens is 208 g/mol. The summed E-state index contributed by atoms with van der Waals surface area (Å²) in [6.45, 7) is 1.47. The van der Waals surface area contributed by atoms with E-state index >= 15 is 0 Å². The SMILES string of the molecule is Nc1ncnc2c1nnn2[C@@H]1CCCOC1. The van der Waals surface area contributed by atoms with Crippen molar-refractivity contribution in [3.63, 3.8) is 0 Å². The van der Waals surface area contributed by atoms with Crippen molar-refractivity contribution in [2.75, 3.05) is 18.9 Å². The zero-order chi connectivity index (χ0) is 11.0. The van der Waals surface area contributed by atoms with Gasteiger partial charge in [0.25, 0.3) is 0 Å². The molecule has 84 valence electrons. The molecule has 2 aromatic rings. The molecule has 16 heavy (non-hydrogen) atoms. The summed E-state index contributed by atoms with van der Waals surface area (Å²) in [5.41, 5.74) is 6.95. The number of ether oxygens (including phenoxy) is 1. The fourth-order valence-electron chi connectivity index (χ4n) is 1.94. The van der Waals surface area contributed by atoms with Crippen LogP contribution in [-0.2, 0) is 4.74 Å². The zero-order valence-electron chi connectivity index (χ0n) is 8.70. The monoisotopic (exact) mass is 220 g/mol. The minimum absolute atomic E-state index is 0.202. The molecule has 0 bridgehead atoms. The van der Waals surface area contributed by atoms with Gasteiger partial charge in [-0.2, -0.15) is 0 Å². The number of nitrogens with zero attached hydrogens (tertiary/aromatic N) is 5. The first kappa shape index (κ1) is 9.46. The molecule has 1 aliphatic rings. The third-order valence-corrected chi connectivity index (χ3v) is 2.77. The molecule has 7 heteroatoms. The summed E-state index contributed by atoms with van der Waals surface area (Å²) < 4.78 is 7.21. The van der Waals surface area contributed by atoms with Crippen LogP contribution in [0.25, 0.3) is 11.2 Å². The summed E-state index contributed by atoms with van der Waals surface area (Å²) >= 11 is 0. The average molecular weight is 220 g/mol. The van der Waals surface area contributed by atoms with E-state index in [-0.39, 0.29) is 6.04 Å². The lowest BCUT2D eigenvalue weighted by molar-refractivity contribution is 0.0556. The van der Waals surface area contributed by atoms with Crippen LogP contribution in [0.2, 0.25) is 0 Å². The Morgan fingerprint density at radius 1 is 1.44 bits per heavy atom. The molecule has 3 heterocycles. The van der Waals surface area contributed by atoms with Crippen molar-refractivity contribution in [1.82, 2.24) is 25.0 Å². The number of hydrogen-bond acceptors (Lipinski definition) is 6. The van der Waals surface area contributed by atoms with Gasteiger partial charge in [0.15, 0.2) is 17.0 Å². The first-order valence-electron chi connectivity index (χ1n) is 5.25. The highest BCUT2D eigenvalue weighted by Gasteiger charge is 2.20. The van der Waals surface area contributed by atoms with Crippen LogP contribution in [-0.4, -0.2) is 38.2 Å². The Bertz CT molecular complexity index is 504. The number of aromatic nitrogens is 5. The predicted octanol–water partition coefficient (Wildman–Crippen LogP) is 0.155. The maximum atomic E-state index is 5.70. The van der Waals surface area contributed by atoms with E-state index in [9.17, 15) is 0 Å². The molecule has 1 saturated heterocycles. The van der Waals surface area contributed by atoms with Crippen molar-refractivity contribution in [1.29, 1.82) is 0 Å². The maximum absolute atomic E-state index is 5.70. The van der Waals surface area contributed by atoms with E-state index in [1.165, 1.54) is 6.33 Å². The molecular formula is C9H12N6O. The van der Waals surface area contributed by atoms with Crippen LogP contribution in [0.3, 0.4) is 0 Å². The summed E-state index contributed by atoms with van der Waals surface area (Å²) in [6.07, 6.45) is 3.50. The molecule has 0 aromatic carbocycles. The lowest BCUT2D eigenvalue weighted by Crippen LogP contribution is -2.22. The van der Waals surface area contributed by atoms with E-state index < -0.39 is 0 Å². The molecule has 0 unspecified atom stereocenters. The Hall–Kier alpha value is -1.76. The number of nitrogens with two attached hydrogens (primary N) is 1. The molecule has 0 amide bonds. The first-order chi connectivity index (χ1) is 7.86. The third-order valence-electron chi connectivity index (χ3n) is 2.77. The Morgan fingerprint density at radius 3 is 3.19 bits per heavy atom. The Labute approximate surface area is 91.6 Å². The second kappa shape index (κ2) is 3.67. The molecule has 2 N–H and O–H groups in total. The molecule has 7 nitrogen and oxygen atoms in total. The fourth-order valence-corrected chi connectivity index (χ4v) is 1.94. The lowest BCUT2D eigenvalue weighted by Gasteiger charge is -2.21. The van der Waals surface area contributed by atoms with Gasteiger partial charge in [-0.3, -0.25) is 0 Å². The molecule has 0 spiro atoms. The van der Waals surface area contributed by atoms with Crippen LogP contribution in [0.15, 0.2) is 6.33 Å². The van der Waals surface area contributed by atoms with Gasteiger partial charge in [-0.1, -0.05) is 5.21 Å². The highest BCUT2D eigenvalue weighted by atomic mass is 16.5. The second-order valence-corrected chi connectivity index (χ2v) is 3.84. The van der Waals surface area contributed by atoms with Crippen molar-refractivity contribution in [3.05, 3.63) is 6.33 Å². The normalized spacial score (nSPS) is 21.4. The van der Waals surface area contributed by atoms with Crippen molar-refractivity contribution >= 4 is 17.0 Å². The van der Waals surface area contributed by atoms with Crippen LogP contribution in [0.5, 0.6) is 0 Å². The van der Waals surface area contributed by atoms with Gasteiger partial charge >= 0.3 is 0 Å². The van der Waals surface area contributed by atoms with Gasteiger partial charge in [-0.25, -0.2) is 14.6 Å². The van der Waals surface area contributed by atoms with Crippen molar-refractivity contribution in [2.24, 2.45) is 0 Å².